The van der Waals surface area contributed by atoms with E-state index < -0.39 is 11.6 Å². The van der Waals surface area contributed by atoms with Crippen molar-refractivity contribution < 1.29 is 8.78 Å². The number of hydrogen-bond acceptors (Lipinski definition) is 2. The Morgan fingerprint density at radius 3 is 2.75 bits per heavy atom. The number of rotatable bonds is 2. The van der Waals surface area contributed by atoms with E-state index in [1.165, 1.54) is 18.3 Å². The average molecular weight is 223 g/mol. The predicted octanol–water partition coefficient (Wildman–Crippen LogP) is 2.43. The highest BCUT2D eigenvalue weighted by molar-refractivity contribution is 5.61. The van der Waals surface area contributed by atoms with Crippen LogP contribution in [0.2, 0.25) is 0 Å². The van der Waals surface area contributed by atoms with Crippen LogP contribution >= 0.6 is 0 Å². The number of nitrogens with zero attached hydrogens (tertiary/aromatic N) is 2. The fourth-order valence-electron chi connectivity index (χ4n) is 1.63. The second-order valence-electron chi connectivity index (χ2n) is 3.37. The van der Waals surface area contributed by atoms with Gasteiger partial charge < -0.3 is 10.3 Å². The summed E-state index contributed by atoms with van der Waals surface area (Å²) in [6.07, 6.45) is 1.48. The number of aromatic nitrogens is 2. The molecular formula is C11H11F2N3. The zero-order chi connectivity index (χ0) is 11.7. The highest BCUT2D eigenvalue weighted by atomic mass is 19.1. The lowest BCUT2D eigenvalue weighted by Gasteiger charge is -2.07. The van der Waals surface area contributed by atoms with Crippen LogP contribution in [0.1, 0.15) is 6.92 Å². The molecule has 16 heavy (non-hydrogen) atoms. The third-order valence-corrected chi connectivity index (χ3v) is 2.41. The van der Waals surface area contributed by atoms with E-state index in [-0.39, 0.29) is 0 Å². The summed E-state index contributed by atoms with van der Waals surface area (Å²) in [5.41, 5.74) is 6.48. The second kappa shape index (κ2) is 3.92. The van der Waals surface area contributed by atoms with Crippen molar-refractivity contribution in [2.45, 2.75) is 13.5 Å². The number of hydrogen-bond donors (Lipinski definition) is 1. The number of nitrogen functional groups attached to an aromatic ring is 1. The maximum absolute atomic E-state index is 13.5. The monoisotopic (exact) mass is 223 g/mol. The van der Waals surface area contributed by atoms with Crippen molar-refractivity contribution in [2.24, 2.45) is 0 Å². The molecule has 5 heteroatoms. The van der Waals surface area contributed by atoms with Crippen molar-refractivity contribution in [3.05, 3.63) is 36.0 Å². The van der Waals surface area contributed by atoms with Gasteiger partial charge in [0.15, 0.2) is 0 Å². The zero-order valence-electron chi connectivity index (χ0n) is 8.74. The molecule has 3 nitrogen and oxygen atoms in total. The van der Waals surface area contributed by atoms with E-state index in [1.54, 1.807) is 4.57 Å². The van der Waals surface area contributed by atoms with Crippen molar-refractivity contribution in [1.29, 1.82) is 0 Å². The summed E-state index contributed by atoms with van der Waals surface area (Å²) >= 11 is 0. The van der Waals surface area contributed by atoms with Gasteiger partial charge in [0.2, 0.25) is 5.95 Å². The lowest BCUT2D eigenvalue weighted by Crippen LogP contribution is -2.03. The van der Waals surface area contributed by atoms with E-state index in [1.807, 2.05) is 6.92 Å². The molecule has 0 amide bonds. The van der Waals surface area contributed by atoms with Crippen LogP contribution in [0.4, 0.5) is 14.7 Å². The number of benzene rings is 1. The summed E-state index contributed by atoms with van der Waals surface area (Å²) in [4.78, 5) is 3.91. The summed E-state index contributed by atoms with van der Waals surface area (Å²) in [5.74, 6) is -0.896. The minimum atomic E-state index is -0.616. The molecule has 0 spiro atoms. The fraction of sp³-hybridized carbons (Fsp3) is 0.182. The van der Waals surface area contributed by atoms with Gasteiger partial charge in [-0.3, -0.25) is 0 Å². The van der Waals surface area contributed by atoms with Gasteiger partial charge in [-0.15, -0.1) is 0 Å². The minimum absolute atomic E-state index is 0.299. The lowest BCUT2D eigenvalue weighted by atomic mass is 10.1. The lowest BCUT2D eigenvalue weighted by molar-refractivity contribution is 0.584. The van der Waals surface area contributed by atoms with E-state index in [4.69, 9.17) is 5.73 Å². The van der Waals surface area contributed by atoms with Gasteiger partial charge in [-0.1, -0.05) is 0 Å². The number of nitrogens with two attached hydrogens (primary N) is 1. The first-order chi connectivity index (χ1) is 7.63. The molecule has 0 saturated carbocycles. The van der Waals surface area contributed by atoms with E-state index >= 15 is 0 Å². The first-order valence-electron chi connectivity index (χ1n) is 4.90. The molecule has 0 aliphatic carbocycles. The maximum Gasteiger partial charge on any atom is 0.200 e. The molecule has 1 heterocycles. The first kappa shape index (κ1) is 10.6. The molecule has 0 aliphatic rings. The van der Waals surface area contributed by atoms with Gasteiger partial charge in [0.25, 0.3) is 0 Å². The van der Waals surface area contributed by atoms with Crippen molar-refractivity contribution in [3.8, 4) is 11.3 Å². The average Bonchev–Trinajstić information content (AvgIpc) is 2.59. The quantitative estimate of drug-likeness (QED) is 0.849. The first-order valence-corrected chi connectivity index (χ1v) is 4.90. The normalized spacial score (nSPS) is 10.7. The predicted molar refractivity (Wildman–Crippen MR) is 57.7 cm³/mol. The molecule has 0 fully saturated rings. The smallest absolute Gasteiger partial charge is 0.200 e. The largest absolute Gasteiger partial charge is 0.369 e. The molecule has 0 aliphatic heterocycles. The molecule has 0 unspecified atom stereocenters. The number of halogens is 2. The summed E-state index contributed by atoms with van der Waals surface area (Å²) < 4.78 is 28.0. The van der Waals surface area contributed by atoms with Gasteiger partial charge in [-0.05, 0) is 19.1 Å². The summed E-state index contributed by atoms with van der Waals surface area (Å²) in [6, 6.07) is 3.44. The molecule has 0 saturated heterocycles. The van der Waals surface area contributed by atoms with Gasteiger partial charge in [0, 0.05) is 18.2 Å². The number of imidazole rings is 1. The van der Waals surface area contributed by atoms with E-state index in [2.05, 4.69) is 4.98 Å². The Morgan fingerprint density at radius 1 is 1.38 bits per heavy atom. The van der Waals surface area contributed by atoms with E-state index in [9.17, 15) is 8.78 Å². The van der Waals surface area contributed by atoms with Crippen LogP contribution in [0.25, 0.3) is 11.3 Å². The van der Waals surface area contributed by atoms with E-state index in [0.717, 1.165) is 6.07 Å². The van der Waals surface area contributed by atoms with Crippen LogP contribution in [0.15, 0.2) is 24.4 Å². The SMILES string of the molecule is CCn1c(-c2ccc(F)cc2F)cnc1N. The topological polar surface area (TPSA) is 43.8 Å². The van der Waals surface area contributed by atoms with Gasteiger partial charge in [-0.25, -0.2) is 13.8 Å². The summed E-state index contributed by atoms with van der Waals surface area (Å²) in [6.45, 7) is 2.46. The van der Waals surface area contributed by atoms with E-state index in [0.29, 0.717) is 23.8 Å². The molecule has 84 valence electrons. The summed E-state index contributed by atoms with van der Waals surface area (Å²) in [7, 11) is 0. The fourth-order valence-corrected chi connectivity index (χ4v) is 1.63. The highest BCUT2D eigenvalue weighted by Gasteiger charge is 2.12. The van der Waals surface area contributed by atoms with Crippen LogP contribution in [0.3, 0.4) is 0 Å². The Hall–Kier alpha value is -1.91. The van der Waals surface area contributed by atoms with Crippen molar-refractivity contribution in [3.63, 3.8) is 0 Å². The maximum atomic E-state index is 13.5. The van der Waals surface area contributed by atoms with Gasteiger partial charge in [-0.2, -0.15) is 0 Å². The Kier molecular flexibility index (Phi) is 2.60. The van der Waals surface area contributed by atoms with Crippen LogP contribution < -0.4 is 5.73 Å². The summed E-state index contributed by atoms with van der Waals surface area (Å²) in [5, 5.41) is 0. The third kappa shape index (κ3) is 1.64. The van der Waals surface area contributed by atoms with Crippen molar-refractivity contribution >= 4 is 5.95 Å². The molecule has 2 rings (SSSR count). The Labute approximate surface area is 91.5 Å². The Morgan fingerprint density at radius 2 is 2.12 bits per heavy atom. The highest BCUT2D eigenvalue weighted by Crippen LogP contribution is 2.25. The van der Waals surface area contributed by atoms with Crippen LogP contribution in [-0.4, -0.2) is 9.55 Å². The van der Waals surface area contributed by atoms with Gasteiger partial charge in [0.1, 0.15) is 11.6 Å². The van der Waals surface area contributed by atoms with Crippen molar-refractivity contribution in [2.75, 3.05) is 5.73 Å². The molecular weight excluding hydrogens is 212 g/mol. The molecule has 0 atom stereocenters. The molecule has 1 aromatic carbocycles. The zero-order valence-corrected chi connectivity index (χ0v) is 8.74. The van der Waals surface area contributed by atoms with Gasteiger partial charge in [0.05, 0.1) is 11.9 Å². The van der Waals surface area contributed by atoms with Crippen LogP contribution in [0, 0.1) is 11.6 Å². The Balaban J connectivity index is 2.58. The van der Waals surface area contributed by atoms with Gasteiger partial charge >= 0.3 is 0 Å². The second-order valence-corrected chi connectivity index (χ2v) is 3.37. The van der Waals surface area contributed by atoms with Crippen LogP contribution in [0.5, 0.6) is 0 Å². The molecule has 2 aromatic rings. The molecule has 1 aromatic heterocycles. The molecule has 2 N–H and O–H groups in total. The standard InChI is InChI=1S/C11H11F2N3/c1-2-16-10(6-15-11(16)14)8-4-3-7(12)5-9(8)13/h3-6H,2H2,1H3,(H2,14,15). The molecule has 0 radical (unpaired) electrons. The van der Waals surface area contributed by atoms with Crippen LogP contribution in [-0.2, 0) is 6.54 Å². The minimum Gasteiger partial charge on any atom is -0.369 e. The molecule has 0 bridgehead atoms. The Bertz CT molecular complexity index is 520. The third-order valence-electron chi connectivity index (χ3n) is 2.41. The van der Waals surface area contributed by atoms with Crippen molar-refractivity contribution in [1.82, 2.24) is 9.55 Å². The number of anilines is 1.